The fourth-order valence-corrected chi connectivity index (χ4v) is 2.74. The topological polar surface area (TPSA) is 55.0 Å². The number of hydrogen-bond acceptors (Lipinski definition) is 3. The highest BCUT2D eigenvalue weighted by molar-refractivity contribution is 9.10. The molecule has 1 aromatic heterocycles. The summed E-state index contributed by atoms with van der Waals surface area (Å²) in [7, 11) is 0. The van der Waals surface area contributed by atoms with Gasteiger partial charge in [-0.15, -0.1) is 0 Å². The van der Waals surface area contributed by atoms with Gasteiger partial charge in [0.2, 0.25) is 0 Å². The van der Waals surface area contributed by atoms with Gasteiger partial charge in [0.25, 0.3) is 0 Å². The molecule has 5 heteroatoms. The quantitative estimate of drug-likeness (QED) is 0.725. The number of carbonyl (C=O) groups is 1. The Hall–Kier alpha value is -2.14. The van der Waals surface area contributed by atoms with Crippen LogP contribution in [0.5, 0.6) is 0 Å². The molecule has 0 spiro atoms. The molecule has 0 saturated carbocycles. The van der Waals surface area contributed by atoms with Crippen molar-refractivity contribution < 1.29 is 9.53 Å². The number of rotatable bonds is 3. The van der Waals surface area contributed by atoms with E-state index in [0.717, 1.165) is 26.5 Å². The van der Waals surface area contributed by atoms with E-state index in [-0.39, 0.29) is 0 Å². The summed E-state index contributed by atoms with van der Waals surface area (Å²) in [6, 6.07) is 13.7. The Bertz CT molecular complexity index is 811. The minimum atomic E-state index is -0.391. The largest absolute Gasteiger partial charge is 0.461 e. The van der Waals surface area contributed by atoms with Crippen LogP contribution in [-0.2, 0) is 4.74 Å². The first-order valence-electron chi connectivity index (χ1n) is 6.61. The van der Waals surface area contributed by atoms with Gasteiger partial charge in [-0.05, 0) is 29.8 Å². The molecule has 2 aromatic carbocycles. The molecule has 1 heterocycles. The lowest BCUT2D eigenvalue weighted by molar-refractivity contribution is 0.0519. The molecule has 0 amide bonds. The lowest BCUT2D eigenvalue weighted by atomic mass is 10.0. The van der Waals surface area contributed by atoms with Crippen molar-refractivity contribution in [1.82, 2.24) is 10.2 Å². The molecule has 1 N–H and O–H groups in total. The van der Waals surface area contributed by atoms with Crippen LogP contribution in [0.4, 0.5) is 0 Å². The lowest BCUT2D eigenvalue weighted by Gasteiger charge is -2.05. The van der Waals surface area contributed by atoms with Gasteiger partial charge >= 0.3 is 5.97 Å². The van der Waals surface area contributed by atoms with Crippen LogP contribution in [0.3, 0.4) is 0 Å². The third-order valence-electron chi connectivity index (χ3n) is 3.22. The maximum atomic E-state index is 11.7. The number of benzene rings is 2. The van der Waals surface area contributed by atoms with Gasteiger partial charge in [-0.2, -0.15) is 5.10 Å². The number of carbonyl (C=O) groups excluding carboxylic acids is 1. The van der Waals surface area contributed by atoms with E-state index in [2.05, 4.69) is 26.1 Å². The number of ether oxygens (including phenoxy) is 1. The molecule has 0 aliphatic rings. The smallest absolute Gasteiger partial charge is 0.356 e. The second kappa shape index (κ2) is 5.69. The van der Waals surface area contributed by atoms with Gasteiger partial charge in [0.1, 0.15) is 5.69 Å². The van der Waals surface area contributed by atoms with E-state index in [9.17, 15) is 4.79 Å². The number of nitrogens with one attached hydrogen (secondary N) is 1. The summed E-state index contributed by atoms with van der Waals surface area (Å²) in [5.74, 6) is -0.391. The number of hydrogen-bond donors (Lipinski definition) is 1. The number of fused-ring (bicyclic) bond motifs is 1. The molecular weight excluding hydrogens is 332 g/mol. The Balaban J connectivity index is 2.09. The van der Waals surface area contributed by atoms with E-state index < -0.39 is 5.97 Å². The summed E-state index contributed by atoms with van der Waals surface area (Å²) in [4.78, 5) is 11.7. The summed E-state index contributed by atoms with van der Waals surface area (Å²) >= 11 is 3.55. The molecule has 3 rings (SSSR count). The van der Waals surface area contributed by atoms with Crippen molar-refractivity contribution in [3.63, 3.8) is 0 Å². The van der Waals surface area contributed by atoms with Crippen LogP contribution in [0, 0.1) is 0 Å². The zero-order valence-electron chi connectivity index (χ0n) is 11.4. The monoisotopic (exact) mass is 344 g/mol. The standard InChI is InChI=1S/C16H13BrN2O2/c1-2-21-16(20)15-9-14(18-19-15)12-7-8-13(17)11-6-4-3-5-10(11)12/h3-9H,2H2,1H3,(H,18,19). The third-order valence-corrected chi connectivity index (χ3v) is 3.91. The van der Waals surface area contributed by atoms with E-state index in [1.165, 1.54) is 0 Å². The average Bonchev–Trinajstić information content (AvgIpc) is 2.98. The zero-order valence-corrected chi connectivity index (χ0v) is 13.0. The summed E-state index contributed by atoms with van der Waals surface area (Å²) < 4.78 is 6.00. The Morgan fingerprint density at radius 3 is 2.76 bits per heavy atom. The van der Waals surface area contributed by atoms with Crippen LogP contribution in [0.2, 0.25) is 0 Å². The normalized spacial score (nSPS) is 10.8. The van der Waals surface area contributed by atoms with E-state index in [1.54, 1.807) is 13.0 Å². The van der Waals surface area contributed by atoms with Crippen LogP contribution in [0.15, 0.2) is 46.9 Å². The van der Waals surface area contributed by atoms with E-state index in [4.69, 9.17) is 4.74 Å². The predicted octanol–water partition coefficient (Wildman–Crippen LogP) is 4.17. The number of H-pyrrole nitrogens is 1. The molecule has 0 radical (unpaired) electrons. The highest BCUT2D eigenvalue weighted by Gasteiger charge is 2.14. The second-order valence-electron chi connectivity index (χ2n) is 4.53. The van der Waals surface area contributed by atoms with Crippen LogP contribution in [0.1, 0.15) is 17.4 Å². The summed E-state index contributed by atoms with van der Waals surface area (Å²) in [6.07, 6.45) is 0. The Kier molecular flexibility index (Phi) is 3.75. The minimum absolute atomic E-state index is 0.342. The first kappa shape index (κ1) is 13.8. The molecular formula is C16H13BrN2O2. The van der Waals surface area contributed by atoms with Gasteiger partial charge < -0.3 is 4.74 Å². The van der Waals surface area contributed by atoms with Crippen LogP contribution in [0.25, 0.3) is 22.0 Å². The molecule has 3 aromatic rings. The fraction of sp³-hybridized carbons (Fsp3) is 0.125. The Morgan fingerprint density at radius 1 is 1.24 bits per heavy atom. The van der Waals surface area contributed by atoms with Gasteiger partial charge in [0.05, 0.1) is 12.3 Å². The van der Waals surface area contributed by atoms with Crippen molar-refractivity contribution in [3.8, 4) is 11.3 Å². The minimum Gasteiger partial charge on any atom is -0.461 e. The maximum absolute atomic E-state index is 11.7. The first-order valence-corrected chi connectivity index (χ1v) is 7.40. The third kappa shape index (κ3) is 2.56. The summed E-state index contributed by atoms with van der Waals surface area (Å²) in [5.41, 5.74) is 2.06. The number of esters is 1. The second-order valence-corrected chi connectivity index (χ2v) is 5.38. The fourth-order valence-electron chi connectivity index (χ4n) is 2.26. The van der Waals surface area contributed by atoms with Gasteiger partial charge in [0.15, 0.2) is 0 Å². The number of aromatic nitrogens is 2. The Labute approximate surface area is 130 Å². The summed E-state index contributed by atoms with van der Waals surface area (Å²) in [5, 5.41) is 9.14. The summed E-state index contributed by atoms with van der Waals surface area (Å²) in [6.45, 7) is 2.12. The predicted molar refractivity (Wildman–Crippen MR) is 85.2 cm³/mol. The van der Waals surface area contributed by atoms with Crippen LogP contribution in [-0.4, -0.2) is 22.8 Å². The van der Waals surface area contributed by atoms with Crippen molar-refractivity contribution in [2.75, 3.05) is 6.61 Å². The molecule has 0 aliphatic carbocycles. The van der Waals surface area contributed by atoms with E-state index >= 15 is 0 Å². The Morgan fingerprint density at radius 2 is 2.00 bits per heavy atom. The van der Waals surface area contributed by atoms with Crippen molar-refractivity contribution in [2.45, 2.75) is 6.92 Å². The van der Waals surface area contributed by atoms with E-state index in [0.29, 0.717) is 12.3 Å². The molecule has 106 valence electrons. The molecule has 4 nitrogen and oxygen atoms in total. The van der Waals surface area contributed by atoms with Crippen LogP contribution >= 0.6 is 15.9 Å². The SMILES string of the molecule is CCOC(=O)c1cc(-c2ccc(Br)c3ccccc23)n[nH]1. The number of halogens is 1. The molecule has 0 bridgehead atoms. The van der Waals surface area contributed by atoms with Crippen LogP contribution < -0.4 is 0 Å². The first-order chi connectivity index (χ1) is 10.2. The van der Waals surface area contributed by atoms with Gasteiger partial charge in [0, 0.05) is 10.0 Å². The van der Waals surface area contributed by atoms with E-state index in [1.807, 2.05) is 36.4 Å². The number of nitrogens with zero attached hydrogens (tertiary/aromatic N) is 1. The van der Waals surface area contributed by atoms with Crippen molar-refractivity contribution in [1.29, 1.82) is 0 Å². The van der Waals surface area contributed by atoms with Gasteiger partial charge in [-0.25, -0.2) is 4.79 Å². The van der Waals surface area contributed by atoms with Gasteiger partial charge in [-0.3, -0.25) is 5.10 Å². The molecule has 0 atom stereocenters. The average molecular weight is 345 g/mol. The lowest BCUT2D eigenvalue weighted by Crippen LogP contribution is -2.04. The van der Waals surface area contributed by atoms with Gasteiger partial charge in [-0.1, -0.05) is 46.3 Å². The van der Waals surface area contributed by atoms with Crippen molar-refractivity contribution in [3.05, 3.63) is 52.6 Å². The highest BCUT2D eigenvalue weighted by atomic mass is 79.9. The molecule has 0 aliphatic heterocycles. The van der Waals surface area contributed by atoms with Crippen molar-refractivity contribution >= 4 is 32.7 Å². The number of aromatic amines is 1. The molecule has 21 heavy (non-hydrogen) atoms. The van der Waals surface area contributed by atoms with Crippen molar-refractivity contribution in [2.24, 2.45) is 0 Å². The molecule has 0 saturated heterocycles. The zero-order chi connectivity index (χ0) is 14.8. The molecule has 0 unspecified atom stereocenters. The maximum Gasteiger partial charge on any atom is 0.356 e. The molecule has 0 fully saturated rings. The highest BCUT2D eigenvalue weighted by Crippen LogP contribution is 2.32.